The van der Waals surface area contributed by atoms with E-state index in [4.69, 9.17) is 26.2 Å². The molecule has 4 nitrogen and oxygen atoms in total. The first-order valence-electron chi connectivity index (χ1n) is 6.86. The van der Waals surface area contributed by atoms with Crippen LogP contribution in [0.3, 0.4) is 0 Å². The lowest BCUT2D eigenvalue weighted by Gasteiger charge is -2.13. The van der Waals surface area contributed by atoms with Crippen molar-refractivity contribution in [3.8, 4) is 11.5 Å². The molecule has 1 aliphatic rings. The minimum Gasteiger partial charge on any atom is -0.490 e. The molecule has 1 aromatic carbocycles. The number of carboxylic acid groups (broad SMARTS) is 1. The molecule has 20 heavy (non-hydrogen) atoms. The molecule has 110 valence electrons. The van der Waals surface area contributed by atoms with Gasteiger partial charge >= 0.3 is 5.97 Å². The number of carboxylic acids is 1. The summed E-state index contributed by atoms with van der Waals surface area (Å²) in [6.45, 7) is 3.22. The number of fused-ring (bicyclic) bond motifs is 1. The van der Waals surface area contributed by atoms with Crippen LogP contribution in [-0.2, 0) is 11.2 Å². The lowest BCUT2D eigenvalue weighted by molar-refractivity contribution is -0.138. The van der Waals surface area contributed by atoms with Gasteiger partial charge in [0, 0.05) is 23.9 Å². The van der Waals surface area contributed by atoms with Gasteiger partial charge in [-0.15, -0.1) is 0 Å². The smallest absolute Gasteiger partial charge is 0.303 e. The van der Waals surface area contributed by atoms with Crippen molar-refractivity contribution in [3.05, 3.63) is 22.7 Å². The highest BCUT2D eigenvalue weighted by Crippen LogP contribution is 2.35. The van der Waals surface area contributed by atoms with E-state index < -0.39 is 5.97 Å². The summed E-state index contributed by atoms with van der Waals surface area (Å²) >= 11 is 6.25. The Labute approximate surface area is 123 Å². The Morgan fingerprint density at radius 1 is 1.35 bits per heavy atom. The summed E-state index contributed by atoms with van der Waals surface area (Å²) in [4.78, 5) is 10.7. The fraction of sp³-hybridized carbons (Fsp3) is 0.533. The van der Waals surface area contributed by atoms with Gasteiger partial charge in [0.15, 0.2) is 11.5 Å². The Morgan fingerprint density at radius 3 is 2.65 bits per heavy atom. The van der Waals surface area contributed by atoms with Gasteiger partial charge in [-0.25, -0.2) is 0 Å². The summed E-state index contributed by atoms with van der Waals surface area (Å²) in [5, 5.41) is 9.41. The predicted octanol–water partition coefficient (Wildman–Crippen LogP) is 3.54. The van der Waals surface area contributed by atoms with E-state index in [1.54, 1.807) is 6.07 Å². The van der Waals surface area contributed by atoms with Crippen LogP contribution < -0.4 is 9.47 Å². The molecule has 1 heterocycles. The van der Waals surface area contributed by atoms with Crippen LogP contribution in [0.4, 0.5) is 0 Å². The summed E-state index contributed by atoms with van der Waals surface area (Å²) in [6.07, 6.45) is 2.56. The molecule has 0 aromatic heterocycles. The van der Waals surface area contributed by atoms with E-state index in [1.165, 1.54) is 0 Å². The second-order valence-electron chi connectivity index (χ2n) is 5.18. The third-order valence-electron chi connectivity index (χ3n) is 3.35. The van der Waals surface area contributed by atoms with Crippen molar-refractivity contribution in [1.82, 2.24) is 0 Å². The number of aryl methyl sites for hydroxylation is 1. The van der Waals surface area contributed by atoms with Crippen LogP contribution in [0.5, 0.6) is 11.5 Å². The van der Waals surface area contributed by atoms with Gasteiger partial charge in [-0.1, -0.05) is 18.5 Å². The first kappa shape index (κ1) is 15.0. The maximum atomic E-state index is 10.7. The van der Waals surface area contributed by atoms with Crippen molar-refractivity contribution >= 4 is 17.6 Å². The van der Waals surface area contributed by atoms with E-state index in [2.05, 4.69) is 0 Å². The maximum absolute atomic E-state index is 10.7. The number of ether oxygens (including phenoxy) is 2. The maximum Gasteiger partial charge on any atom is 0.303 e. The van der Waals surface area contributed by atoms with E-state index in [0.717, 1.165) is 30.6 Å². The number of hydrogen-bond donors (Lipinski definition) is 1. The summed E-state index contributed by atoms with van der Waals surface area (Å²) in [7, 11) is 0. The van der Waals surface area contributed by atoms with Crippen molar-refractivity contribution in [2.45, 2.75) is 32.6 Å². The largest absolute Gasteiger partial charge is 0.490 e. The molecule has 0 aliphatic carbocycles. The van der Waals surface area contributed by atoms with Gasteiger partial charge in [0.05, 0.1) is 13.2 Å². The lowest BCUT2D eigenvalue weighted by atomic mass is 9.98. The van der Waals surface area contributed by atoms with E-state index in [1.807, 2.05) is 13.0 Å². The molecule has 0 saturated heterocycles. The second kappa shape index (κ2) is 6.84. The molecule has 1 aliphatic heterocycles. The Kier molecular flexibility index (Phi) is 5.12. The molecule has 0 spiro atoms. The zero-order valence-corrected chi connectivity index (χ0v) is 12.3. The van der Waals surface area contributed by atoms with Crippen molar-refractivity contribution in [1.29, 1.82) is 0 Å². The van der Waals surface area contributed by atoms with Gasteiger partial charge in [0.2, 0.25) is 0 Å². The van der Waals surface area contributed by atoms with Gasteiger partial charge in [-0.2, -0.15) is 0 Å². The molecule has 0 fully saturated rings. The van der Waals surface area contributed by atoms with Crippen LogP contribution in [0.2, 0.25) is 5.02 Å². The average molecular weight is 299 g/mol. The molecule has 0 radical (unpaired) electrons. The van der Waals surface area contributed by atoms with Crippen LogP contribution in [-0.4, -0.2) is 24.3 Å². The van der Waals surface area contributed by atoms with Gasteiger partial charge in [-0.3, -0.25) is 4.79 Å². The summed E-state index contributed by atoms with van der Waals surface area (Å²) < 4.78 is 11.2. The SMILES string of the molecule is CC(CCc1cc2c(cc1Cl)OCCCO2)CC(=O)O. The zero-order chi connectivity index (χ0) is 14.5. The van der Waals surface area contributed by atoms with Crippen molar-refractivity contribution < 1.29 is 19.4 Å². The van der Waals surface area contributed by atoms with Gasteiger partial charge in [-0.05, 0) is 30.4 Å². The molecule has 1 unspecified atom stereocenters. The fourth-order valence-corrected chi connectivity index (χ4v) is 2.47. The van der Waals surface area contributed by atoms with Crippen LogP contribution in [0.15, 0.2) is 12.1 Å². The van der Waals surface area contributed by atoms with E-state index in [-0.39, 0.29) is 12.3 Å². The monoisotopic (exact) mass is 298 g/mol. The van der Waals surface area contributed by atoms with Crippen molar-refractivity contribution in [2.24, 2.45) is 5.92 Å². The first-order chi connectivity index (χ1) is 9.56. The summed E-state index contributed by atoms with van der Waals surface area (Å²) in [6, 6.07) is 3.70. The molecule has 2 rings (SSSR count). The molecule has 1 N–H and O–H groups in total. The van der Waals surface area contributed by atoms with Gasteiger partial charge in [0.25, 0.3) is 0 Å². The van der Waals surface area contributed by atoms with E-state index >= 15 is 0 Å². The van der Waals surface area contributed by atoms with Crippen LogP contribution in [0, 0.1) is 5.92 Å². The van der Waals surface area contributed by atoms with Crippen molar-refractivity contribution in [3.63, 3.8) is 0 Å². The topological polar surface area (TPSA) is 55.8 Å². The molecule has 1 atom stereocenters. The van der Waals surface area contributed by atoms with Gasteiger partial charge in [0.1, 0.15) is 0 Å². The molecule has 1 aromatic rings. The lowest BCUT2D eigenvalue weighted by Crippen LogP contribution is -2.05. The Morgan fingerprint density at radius 2 is 2.00 bits per heavy atom. The minimum atomic E-state index is -0.762. The molecular weight excluding hydrogens is 280 g/mol. The van der Waals surface area contributed by atoms with E-state index in [0.29, 0.717) is 24.0 Å². The van der Waals surface area contributed by atoms with Crippen LogP contribution >= 0.6 is 11.6 Å². The highest BCUT2D eigenvalue weighted by Gasteiger charge is 2.15. The highest BCUT2D eigenvalue weighted by molar-refractivity contribution is 6.31. The number of carbonyl (C=O) groups is 1. The Balaban J connectivity index is 2.04. The first-order valence-corrected chi connectivity index (χ1v) is 7.24. The van der Waals surface area contributed by atoms with Crippen LogP contribution in [0.1, 0.15) is 31.7 Å². The number of hydrogen-bond acceptors (Lipinski definition) is 3. The van der Waals surface area contributed by atoms with Crippen LogP contribution in [0.25, 0.3) is 0 Å². The predicted molar refractivity (Wildman–Crippen MR) is 76.8 cm³/mol. The Bertz CT molecular complexity index is 487. The number of benzene rings is 1. The number of rotatable bonds is 5. The van der Waals surface area contributed by atoms with E-state index in [9.17, 15) is 4.79 Å². The zero-order valence-electron chi connectivity index (χ0n) is 11.5. The third-order valence-corrected chi connectivity index (χ3v) is 3.70. The molecule has 0 bridgehead atoms. The number of aliphatic carboxylic acids is 1. The van der Waals surface area contributed by atoms with Crippen molar-refractivity contribution in [2.75, 3.05) is 13.2 Å². The molecule has 0 amide bonds. The summed E-state index contributed by atoms with van der Waals surface area (Å²) in [5.41, 5.74) is 0.980. The van der Waals surface area contributed by atoms with Gasteiger partial charge < -0.3 is 14.6 Å². The molecule has 0 saturated carbocycles. The standard InChI is InChI=1S/C15H19ClO4/c1-10(7-15(17)18)3-4-11-8-13-14(9-12(11)16)20-6-2-5-19-13/h8-10H,2-7H2,1H3,(H,17,18). The quantitative estimate of drug-likeness (QED) is 0.903. The second-order valence-corrected chi connectivity index (χ2v) is 5.59. The third kappa shape index (κ3) is 4.04. The normalized spacial score (nSPS) is 15.5. The minimum absolute atomic E-state index is 0.125. The fourth-order valence-electron chi connectivity index (χ4n) is 2.22. The molecular formula is C15H19ClO4. The highest BCUT2D eigenvalue weighted by atomic mass is 35.5. The molecule has 5 heteroatoms. The Hall–Kier alpha value is -1.42. The summed E-state index contributed by atoms with van der Waals surface area (Å²) in [5.74, 6) is 0.782. The number of halogens is 1. The average Bonchev–Trinajstić information content (AvgIpc) is 2.60.